The van der Waals surface area contributed by atoms with Crippen LogP contribution >= 0.6 is 0 Å². The third-order valence-electron chi connectivity index (χ3n) is 5.29. The van der Waals surface area contributed by atoms with Crippen LogP contribution in [0.1, 0.15) is 18.1 Å². The first-order chi connectivity index (χ1) is 14.5. The normalized spacial score (nSPS) is 18.8. The summed E-state index contributed by atoms with van der Waals surface area (Å²) in [6.45, 7) is 1.66. The van der Waals surface area contributed by atoms with Gasteiger partial charge in [0.25, 0.3) is 5.91 Å². The number of fused-ring (bicyclic) bond motifs is 1. The monoisotopic (exact) mass is 403 g/mol. The Morgan fingerprint density at radius 3 is 2.40 bits per heavy atom. The maximum atomic E-state index is 13.1. The van der Waals surface area contributed by atoms with Gasteiger partial charge in [-0.1, -0.05) is 42.5 Å². The predicted molar refractivity (Wildman–Crippen MR) is 114 cm³/mol. The van der Waals surface area contributed by atoms with Crippen molar-refractivity contribution >= 4 is 28.9 Å². The van der Waals surface area contributed by atoms with Crippen LogP contribution in [0.3, 0.4) is 0 Å². The van der Waals surface area contributed by atoms with E-state index in [4.69, 9.17) is 9.47 Å². The highest BCUT2D eigenvalue weighted by atomic mass is 16.5. The van der Waals surface area contributed by atoms with Crippen LogP contribution in [0.25, 0.3) is 10.8 Å². The molecule has 7 nitrogen and oxygen atoms in total. The smallest absolute Gasteiger partial charge is 0.346 e. The van der Waals surface area contributed by atoms with Gasteiger partial charge in [-0.05, 0) is 41.5 Å². The molecule has 3 aromatic carbocycles. The van der Waals surface area contributed by atoms with Gasteiger partial charge in [0.2, 0.25) is 0 Å². The summed E-state index contributed by atoms with van der Waals surface area (Å²) in [5.74, 6) is 0.799. The first kappa shape index (κ1) is 19.4. The first-order valence-corrected chi connectivity index (χ1v) is 9.39. The summed E-state index contributed by atoms with van der Waals surface area (Å²) >= 11 is 0. The second-order valence-electron chi connectivity index (χ2n) is 7.05. The van der Waals surface area contributed by atoms with Gasteiger partial charge >= 0.3 is 6.03 Å². The van der Waals surface area contributed by atoms with Crippen LogP contribution < -0.4 is 14.8 Å². The number of imide groups is 1. The van der Waals surface area contributed by atoms with Gasteiger partial charge in [-0.3, -0.25) is 4.79 Å². The zero-order chi connectivity index (χ0) is 21.3. The number of hydrazone groups is 1. The SMILES string of the molecule is COc1ccc([C@]2(C)NC(=O)N(N=Cc3c(OC)ccc4ccccc34)C2=O)cc1. The van der Waals surface area contributed by atoms with Gasteiger partial charge in [0, 0.05) is 5.56 Å². The van der Waals surface area contributed by atoms with Crippen LogP contribution in [0.15, 0.2) is 65.8 Å². The van der Waals surface area contributed by atoms with Crippen LogP contribution in [-0.4, -0.2) is 37.4 Å². The van der Waals surface area contributed by atoms with E-state index in [1.54, 1.807) is 45.4 Å². The lowest BCUT2D eigenvalue weighted by molar-refractivity contribution is -0.131. The minimum absolute atomic E-state index is 0.465. The zero-order valence-electron chi connectivity index (χ0n) is 16.9. The summed E-state index contributed by atoms with van der Waals surface area (Å²) in [4.78, 5) is 25.7. The van der Waals surface area contributed by atoms with Crippen molar-refractivity contribution in [2.75, 3.05) is 14.2 Å². The van der Waals surface area contributed by atoms with Crippen LogP contribution in [0.4, 0.5) is 4.79 Å². The molecule has 1 aliphatic heterocycles. The fourth-order valence-corrected chi connectivity index (χ4v) is 3.55. The van der Waals surface area contributed by atoms with Crippen LogP contribution in [-0.2, 0) is 10.3 Å². The van der Waals surface area contributed by atoms with Crippen molar-refractivity contribution in [3.8, 4) is 11.5 Å². The molecule has 1 aliphatic rings. The third kappa shape index (κ3) is 3.14. The van der Waals surface area contributed by atoms with Crippen molar-refractivity contribution in [3.05, 3.63) is 71.8 Å². The summed E-state index contributed by atoms with van der Waals surface area (Å²) in [6.07, 6.45) is 1.48. The molecule has 4 rings (SSSR count). The van der Waals surface area contributed by atoms with Gasteiger partial charge in [0.05, 0.1) is 20.4 Å². The number of carbonyl (C=O) groups excluding carboxylic acids is 2. The summed E-state index contributed by atoms with van der Waals surface area (Å²) in [7, 11) is 3.13. The fraction of sp³-hybridized carbons (Fsp3) is 0.174. The van der Waals surface area contributed by atoms with Crippen molar-refractivity contribution in [1.29, 1.82) is 0 Å². The van der Waals surface area contributed by atoms with Crippen LogP contribution in [0, 0.1) is 0 Å². The van der Waals surface area contributed by atoms with Crippen molar-refractivity contribution in [3.63, 3.8) is 0 Å². The Bertz CT molecular complexity index is 1160. The Hall–Kier alpha value is -3.87. The molecule has 0 bridgehead atoms. The molecular weight excluding hydrogens is 382 g/mol. The highest BCUT2D eigenvalue weighted by Crippen LogP contribution is 2.31. The molecule has 0 saturated carbocycles. The second-order valence-corrected chi connectivity index (χ2v) is 7.05. The first-order valence-electron chi connectivity index (χ1n) is 9.39. The van der Waals surface area contributed by atoms with Crippen molar-refractivity contribution < 1.29 is 19.1 Å². The van der Waals surface area contributed by atoms with E-state index in [0.717, 1.165) is 15.8 Å². The Labute approximate surface area is 173 Å². The molecule has 0 aromatic heterocycles. The van der Waals surface area contributed by atoms with E-state index in [1.807, 2.05) is 36.4 Å². The Morgan fingerprint density at radius 1 is 0.967 bits per heavy atom. The minimum Gasteiger partial charge on any atom is -0.497 e. The van der Waals surface area contributed by atoms with Crippen LogP contribution in [0.5, 0.6) is 11.5 Å². The molecule has 1 saturated heterocycles. The molecule has 1 fully saturated rings. The number of nitrogens with one attached hydrogen (secondary N) is 1. The second kappa shape index (κ2) is 7.51. The number of rotatable bonds is 5. The number of hydrogen-bond donors (Lipinski definition) is 1. The summed E-state index contributed by atoms with van der Waals surface area (Å²) in [6, 6.07) is 17.9. The maximum absolute atomic E-state index is 13.1. The number of ether oxygens (including phenoxy) is 2. The summed E-state index contributed by atoms with van der Waals surface area (Å²) in [5, 5.41) is 9.71. The van der Waals surface area contributed by atoms with Crippen molar-refractivity contribution in [2.24, 2.45) is 5.10 Å². The van der Waals surface area contributed by atoms with Crippen LogP contribution in [0.2, 0.25) is 0 Å². The van der Waals surface area contributed by atoms with Gasteiger partial charge in [-0.25, -0.2) is 4.79 Å². The summed E-state index contributed by atoms with van der Waals surface area (Å²) in [5.41, 5.74) is 0.111. The molecule has 0 aliphatic carbocycles. The molecule has 1 atom stereocenters. The molecule has 0 radical (unpaired) electrons. The highest BCUT2D eigenvalue weighted by molar-refractivity contribution is 6.09. The van der Waals surface area contributed by atoms with Crippen molar-refractivity contribution in [2.45, 2.75) is 12.5 Å². The van der Waals surface area contributed by atoms with Gasteiger partial charge in [0.15, 0.2) is 0 Å². The molecule has 3 amide bonds. The number of carbonyl (C=O) groups is 2. The number of amides is 3. The minimum atomic E-state index is -1.22. The quantitative estimate of drug-likeness (QED) is 0.521. The van der Waals surface area contributed by atoms with E-state index in [1.165, 1.54) is 6.21 Å². The maximum Gasteiger partial charge on any atom is 0.346 e. The summed E-state index contributed by atoms with van der Waals surface area (Å²) < 4.78 is 10.6. The van der Waals surface area contributed by atoms with E-state index >= 15 is 0 Å². The molecule has 3 aromatic rings. The molecule has 30 heavy (non-hydrogen) atoms. The number of hydrogen-bond acceptors (Lipinski definition) is 5. The molecule has 1 N–H and O–H groups in total. The topological polar surface area (TPSA) is 80.2 Å². The standard InChI is InChI=1S/C23H21N3O4/c1-23(16-9-11-17(29-2)12-10-16)21(27)26(22(28)25-23)24-14-19-18-7-5-4-6-15(18)8-13-20(19)30-3/h4-14H,1-3H3,(H,25,28)/t23-/m0/s1. The molecular formula is C23H21N3O4. The molecule has 7 heteroatoms. The lowest BCUT2D eigenvalue weighted by Crippen LogP contribution is -2.40. The Balaban J connectivity index is 1.69. The molecule has 0 unspecified atom stereocenters. The van der Waals surface area contributed by atoms with Crippen molar-refractivity contribution in [1.82, 2.24) is 10.3 Å². The van der Waals surface area contributed by atoms with Gasteiger partial charge in [-0.15, -0.1) is 5.01 Å². The lowest BCUT2D eigenvalue weighted by atomic mass is 9.92. The largest absolute Gasteiger partial charge is 0.497 e. The Kier molecular flexibility index (Phi) is 4.87. The molecule has 1 heterocycles. The van der Waals surface area contributed by atoms with E-state index in [0.29, 0.717) is 22.6 Å². The van der Waals surface area contributed by atoms with Gasteiger partial charge in [-0.2, -0.15) is 5.10 Å². The lowest BCUT2D eigenvalue weighted by Gasteiger charge is -2.21. The zero-order valence-corrected chi connectivity index (χ0v) is 16.9. The third-order valence-corrected chi connectivity index (χ3v) is 5.29. The fourth-order valence-electron chi connectivity index (χ4n) is 3.55. The Morgan fingerprint density at radius 2 is 1.70 bits per heavy atom. The van der Waals surface area contributed by atoms with E-state index in [2.05, 4.69) is 10.4 Å². The van der Waals surface area contributed by atoms with E-state index in [-0.39, 0.29) is 0 Å². The van der Waals surface area contributed by atoms with E-state index in [9.17, 15) is 9.59 Å². The number of nitrogens with zero attached hydrogens (tertiary/aromatic N) is 2. The molecule has 152 valence electrons. The van der Waals surface area contributed by atoms with Gasteiger partial charge in [0.1, 0.15) is 17.0 Å². The molecule has 0 spiro atoms. The number of methoxy groups -OCH3 is 2. The predicted octanol–water partition coefficient (Wildman–Crippen LogP) is 3.66. The van der Waals surface area contributed by atoms with Gasteiger partial charge < -0.3 is 14.8 Å². The van der Waals surface area contributed by atoms with E-state index < -0.39 is 17.5 Å². The highest BCUT2D eigenvalue weighted by Gasteiger charge is 2.49. The number of urea groups is 1. The average molecular weight is 403 g/mol. The average Bonchev–Trinajstić information content (AvgIpc) is 3.00. The number of benzene rings is 3.